The molecule has 0 saturated heterocycles. The number of hydrogen-bond acceptors (Lipinski definition) is 3. The third kappa shape index (κ3) is 3.39. The smallest absolute Gasteiger partial charge is 0.249 e. The highest BCUT2D eigenvalue weighted by molar-refractivity contribution is 5.80. The van der Waals surface area contributed by atoms with Gasteiger partial charge >= 0.3 is 0 Å². The molecule has 2 N–H and O–H groups in total. The van der Waals surface area contributed by atoms with Gasteiger partial charge in [-0.05, 0) is 30.2 Å². The van der Waals surface area contributed by atoms with E-state index in [1.54, 1.807) is 12.4 Å². The lowest BCUT2D eigenvalue weighted by Crippen LogP contribution is -2.36. The predicted molar refractivity (Wildman–Crippen MR) is 72.3 cm³/mol. The number of pyridine rings is 1. The van der Waals surface area contributed by atoms with Gasteiger partial charge in [0, 0.05) is 12.4 Å². The van der Waals surface area contributed by atoms with E-state index in [9.17, 15) is 9.90 Å². The van der Waals surface area contributed by atoms with E-state index in [1.807, 2.05) is 42.5 Å². The fourth-order valence-electron chi connectivity index (χ4n) is 1.82. The first-order valence-corrected chi connectivity index (χ1v) is 6.12. The van der Waals surface area contributed by atoms with Crippen LogP contribution in [0.4, 0.5) is 0 Å². The van der Waals surface area contributed by atoms with Gasteiger partial charge in [-0.1, -0.05) is 30.3 Å². The van der Waals surface area contributed by atoms with Crippen LogP contribution in [0.2, 0.25) is 0 Å². The Kier molecular flexibility index (Phi) is 4.26. The summed E-state index contributed by atoms with van der Waals surface area (Å²) in [4.78, 5) is 15.7. The van der Waals surface area contributed by atoms with E-state index in [4.69, 9.17) is 0 Å². The van der Waals surface area contributed by atoms with Crippen molar-refractivity contribution in [3.05, 3.63) is 66.0 Å². The maximum Gasteiger partial charge on any atom is 0.249 e. The van der Waals surface area contributed by atoms with Crippen molar-refractivity contribution in [2.45, 2.75) is 19.1 Å². The first kappa shape index (κ1) is 13.2. The molecule has 0 bridgehead atoms. The van der Waals surface area contributed by atoms with Crippen LogP contribution >= 0.6 is 0 Å². The molecule has 4 heteroatoms. The average molecular weight is 256 g/mol. The maximum absolute atomic E-state index is 11.7. The molecule has 1 aromatic carbocycles. The Balaban J connectivity index is 2.32. The Hall–Kier alpha value is -2.20. The Morgan fingerprint density at radius 2 is 1.68 bits per heavy atom. The fraction of sp³-hybridized carbons (Fsp3) is 0.200. The average Bonchev–Trinajstić information content (AvgIpc) is 2.46. The van der Waals surface area contributed by atoms with Crippen LogP contribution in [-0.2, 0) is 4.79 Å². The highest BCUT2D eigenvalue weighted by Gasteiger charge is 2.18. The molecule has 2 unspecified atom stereocenters. The molecular weight excluding hydrogens is 240 g/mol. The van der Waals surface area contributed by atoms with Crippen LogP contribution in [0.25, 0.3) is 0 Å². The number of aromatic nitrogens is 1. The van der Waals surface area contributed by atoms with Gasteiger partial charge in [0.15, 0.2) is 0 Å². The molecule has 1 aromatic heterocycles. The summed E-state index contributed by atoms with van der Waals surface area (Å²) in [6.45, 7) is 1.45. The number of benzene rings is 1. The minimum absolute atomic E-state index is 0.286. The van der Waals surface area contributed by atoms with E-state index >= 15 is 0 Å². The SMILES string of the molecule is CC(O)C(=O)NC(c1ccccc1)c1ccncc1. The van der Waals surface area contributed by atoms with Gasteiger partial charge in [-0.3, -0.25) is 9.78 Å². The summed E-state index contributed by atoms with van der Waals surface area (Å²) in [6.07, 6.45) is 2.33. The quantitative estimate of drug-likeness (QED) is 0.874. The number of carbonyl (C=O) groups is 1. The third-order valence-corrected chi connectivity index (χ3v) is 2.84. The van der Waals surface area contributed by atoms with Crippen molar-refractivity contribution >= 4 is 5.91 Å². The summed E-state index contributed by atoms with van der Waals surface area (Å²) in [6, 6.07) is 13.0. The zero-order valence-electron chi connectivity index (χ0n) is 10.7. The first-order valence-electron chi connectivity index (χ1n) is 6.12. The van der Waals surface area contributed by atoms with Crippen LogP contribution in [0, 0.1) is 0 Å². The normalized spacial score (nSPS) is 13.6. The number of carbonyl (C=O) groups excluding carboxylic acids is 1. The van der Waals surface area contributed by atoms with Crippen molar-refractivity contribution in [2.24, 2.45) is 0 Å². The molecule has 2 atom stereocenters. The summed E-state index contributed by atoms with van der Waals surface area (Å²) < 4.78 is 0. The van der Waals surface area contributed by atoms with Gasteiger partial charge in [-0.25, -0.2) is 0 Å². The molecule has 0 saturated carbocycles. The standard InChI is InChI=1S/C15H16N2O2/c1-11(18)15(19)17-14(12-5-3-2-4-6-12)13-7-9-16-10-8-13/h2-11,14,18H,1H3,(H,17,19). The second kappa shape index (κ2) is 6.11. The lowest BCUT2D eigenvalue weighted by molar-refractivity contribution is -0.129. The van der Waals surface area contributed by atoms with Gasteiger partial charge in [0.25, 0.3) is 0 Å². The zero-order valence-corrected chi connectivity index (χ0v) is 10.7. The summed E-state index contributed by atoms with van der Waals surface area (Å²) in [5.41, 5.74) is 1.89. The van der Waals surface area contributed by atoms with Crippen LogP contribution in [0.1, 0.15) is 24.1 Å². The fourth-order valence-corrected chi connectivity index (χ4v) is 1.82. The Morgan fingerprint density at radius 1 is 1.11 bits per heavy atom. The van der Waals surface area contributed by atoms with E-state index in [0.29, 0.717) is 0 Å². The minimum atomic E-state index is -1.03. The lowest BCUT2D eigenvalue weighted by atomic mass is 9.99. The van der Waals surface area contributed by atoms with E-state index in [0.717, 1.165) is 11.1 Å². The zero-order chi connectivity index (χ0) is 13.7. The van der Waals surface area contributed by atoms with Crippen molar-refractivity contribution in [3.8, 4) is 0 Å². The van der Waals surface area contributed by atoms with E-state index in [-0.39, 0.29) is 6.04 Å². The molecule has 0 aliphatic heterocycles. The molecule has 0 spiro atoms. The molecule has 1 heterocycles. The number of nitrogens with zero attached hydrogens (tertiary/aromatic N) is 1. The molecule has 19 heavy (non-hydrogen) atoms. The molecule has 0 radical (unpaired) electrons. The van der Waals surface area contributed by atoms with Crippen LogP contribution in [0.15, 0.2) is 54.9 Å². The molecular formula is C15H16N2O2. The molecule has 1 amide bonds. The van der Waals surface area contributed by atoms with Gasteiger partial charge < -0.3 is 10.4 Å². The molecule has 4 nitrogen and oxygen atoms in total. The number of rotatable bonds is 4. The molecule has 2 aromatic rings. The second-order valence-electron chi connectivity index (χ2n) is 4.31. The minimum Gasteiger partial charge on any atom is -0.384 e. The van der Waals surface area contributed by atoms with Crippen LogP contribution in [0.5, 0.6) is 0 Å². The Labute approximate surface area is 112 Å². The van der Waals surface area contributed by atoms with Gasteiger partial charge in [0.1, 0.15) is 6.10 Å². The van der Waals surface area contributed by atoms with Crippen molar-refractivity contribution in [3.63, 3.8) is 0 Å². The molecule has 0 aliphatic carbocycles. The van der Waals surface area contributed by atoms with Gasteiger partial charge in [-0.2, -0.15) is 0 Å². The summed E-state index contributed by atoms with van der Waals surface area (Å²) in [5, 5.41) is 12.2. The molecule has 98 valence electrons. The van der Waals surface area contributed by atoms with Crippen molar-refractivity contribution in [1.29, 1.82) is 0 Å². The third-order valence-electron chi connectivity index (χ3n) is 2.84. The summed E-state index contributed by atoms with van der Waals surface area (Å²) >= 11 is 0. The second-order valence-corrected chi connectivity index (χ2v) is 4.31. The lowest BCUT2D eigenvalue weighted by Gasteiger charge is -2.20. The monoisotopic (exact) mass is 256 g/mol. The van der Waals surface area contributed by atoms with Gasteiger partial charge in [0.2, 0.25) is 5.91 Å². The number of amides is 1. The van der Waals surface area contributed by atoms with E-state index in [1.165, 1.54) is 6.92 Å². The summed E-state index contributed by atoms with van der Waals surface area (Å²) in [5.74, 6) is -0.398. The maximum atomic E-state index is 11.7. The van der Waals surface area contributed by atoms with Crippen molar-refractivity contribution in [1.82, 2.24) is 10.3 Å². The van der Waals surface area contributed by atoms with Gasteiger partial charge in [0.05, 0.1) is 6.04 Å². The number of aliphatic hydroxyl groups excluding tert-OH is 1. The number of hydrogen-bond donors (Lipinski definition) is 2. The highest BCUT2D eigenvalue weighted by Crippen LogP contribution is 2.21. The van der Waals surface area contributed by atoms with Crippen molar-refractivity contribution in [2.75, 3.05) is 0 Å². The van der Waals surface area contributed by atoms with Gasteiger partial charge in [-0.15, -0.1) is 0 Å². The largest absolute Gasteiger partial charge is 0.384 e. The number of nitrogens with one attached hydrogen (secondary N) is 1. The highest BCUT2D eigenvalue weighted by atomic mass is 16.3. The first-order chi connectivity index (χ1) is 9.18. The van der Waals surface area contributed by atoms with Crippen molar-refractivity contribution < 1.29 is 9.90 Å². The molecule has 0 fully saturated rings. The van der Waals surface area contributed by atoms with Crippen LogP contribution in [0.3, 0.4) is 0 Å². The topological polar surface area (TPSA) is 62.2 Å². The summed E-state index contributed by atoms with van der Waals surface area (Å²) in [7, 11) is 0. The number of aliphatic hydroxyl groups is 1. The Bertz CT molecular complexity index is 487. The van der Waals surface area contributed by atoms with Crippen LogP contribution < -0.4 is 5.32 Å². The van der Waals surface area contributed by atoms with E-state index < -0.39 is 12.0 Å². The molecule has 0 aliphatic rings. The molecule has 2 rings (SSSR count). The predicted octanol–water partition coefficient (Wildman–Crippen LogP) is 1.67. The Morgan fingerprint density at radius 3 is 2.26 bits per heavy atom. The van der Waals surface area contributed by atoms with E-state index in [2.05, 4.69) is 10.3 Å². The van der Waals surface area contributed by atoms with Crippen LogP contribution in [-0.4, -0.2) is 22.1 Å².